The van der Waals surface area contributed by atoms with Gasteiger partial charge in [-0.1, -0.05) is 0 Å². The van der Waals surface area contributed by atoms with E-state index in [0.29, 0.717) is 12.1 Å². The van der Waals surface area contributed by atoms with Crippen LogP contribution in [-0.4, -0.2) is 31.4 Å². The Morgan fingerprint density at radius 3 is 2.55 bits per heavy atom. The summed E-state index contributed by atoms with van der Waals surface area (Å²) in [5, 5.41) is 9.09. The molecule has 2 aliphatic rings. The maximum absolute atomic E-state index is 12.4. The van der Waals surface area contributed by atoms with Gasteiger partial charge in [-0.15, -0.1) is 0 Å². The summed E-state index contributed by atoms with van der Waals surface area (Å²) in [6.45, 7) is 4.53. The predicted molar refractivity (Wildman–Crippen MR) is 85.7 cm³/mol. The van der Waals surface area contributed by atoms with Gasteiger partial charge >= 0.3 is 0 Å². The summed E-state index contributed by atoms with van der Waals surface area (Å²) in [6.07, 6.45) is 3.21. The zero-order valence-electron chi connectivity index (χ0n) is 12.9. The van der Waals surface area contributed by atoms with Crippen LogP contribution in [0.3, 0.4) is 0 Å². The zero-order valence-corrected chi connectivity index (χ0v) is 12.9. The fourth-order valence-corrected chi connectivity index (χ4v) is 3.39. The van der Waals surface area contributed by atoms with Crippen LogP contribution >= 0.6 is 0 Å². The van der Waals surface area contributed by atoms with Gasteiger partial charge in [-0.25, -0.2) is 0 Å². The largest absolute Gasteiger partial charge is 0.352 e. The summed E-state index contributed by atoms with van der Waals surface area (Å²) >= 11 is 0. The van der Waals surface area contributed by atoms with E-state index in [1.165, 1.54) is 0 Å². The van der Waals surface area contributed by atoms with E-state index in [4.69, 9.17) is 0 Å². The number of hydrogen-bond donors (Lipinski definition) is 3. The van der Waals surface area contributed by atoms with E-state index >= 15 is 0 Å². The minimum Gasteiger partial charge on any atom is -0.352 e. The maximum atomic E-state index is 12.4. The van der Waals surface area contributed by atoms with Gasteiger partial charge in [-0.3, -0.25) is 9.59 Å². The molecular formula is C17H23N3O2. The third kappa shape index (κ3) is 2.99. The Hall–Kier alpha value is -1.88. The normalized spacial score (nSPS) is 22.1. The molecule has 1 saturated heterocycles. The summed E-state index contributed by atoms with van der Waals surface area (Å²) in [5.74, 6) is 0.182. The average Bonchev–Trinajstić information content (AvgIpc) is 3.22. The molecule has 1 aromatic carbocycles. The maximum Gasteiger partial charge on any atom is 0.251 e. The SMILES string of the molecule is CCNC(=O)c1ccc(NC(=O)C2CC23CCNCC3)cc1. The molecule has 0 aromatic heterocycles. The summed E-state index contributed by atoms with van der Waals surface area (Å²) < 4.78 is 0. The number of hydrogen-bond acceptors (Lipinski definition) is 3. The van der Waals surface area contributed by atoms with Gasteiger partial charge in [-0.05, 0) is 69.0 Å². The summed E-state index contributed by atoms with van der Waals surface area (Å²) in [4.78, 5) is 24.1. The summed E-state index contributed by atoms with van der Waals surface area (Å²) in [7, 11) is 0. The van der Waals surface area contributed by atoms with Crippen LogP contribution in [-0.2, 0) is 4.79 Å². The minimum absolute atomic E-state index is 0.0868. The molecule has 1 aliphatic heterocycles. The molecular weight excluding hydrogens is 278 g/mol. The van der Waals surface area contributed by atoms with Gasteiger partial charge in [0.15, 0.2) is 0 Å². The standard InChI is InChI=1S/C17H23N3O2/c1-2-19-15(21)12-3-5-13(6-4-12)20-16(22)14-11-17(14)7-9-18-10-8-17/h3-6,14,18H,2,7-11H2,1H3,(H,19,21)(H,20,22). The van der Waals surface area contributed by atoms with E-state index in [9.17, 15) is 9.59 Å². The molecule has 0 bridgehead atoms. The van der Waals surface area contributed by atoms with Crippen molar-refractivity contribution in [2.45, 2.75) is 26.2 Å². The van der Waals surface area contributed by atoms with Crippen LogP contribution in [0.15, 0.2) is 24.3 Å². The van der Waals surface area contributed by atoms with Crippen LogP contribution in [0, 0.1) is 11.3 Å². The smallest absolute Gasteiger partial charge is 0.251 e. The molecule has 5 nitrogen and oxygen atoms in total. The van der Waals surface area contributed by atoms with Crippen LogP contribution in [0.4, 0.5) is 5.69 Å². The lowest BCUT2D eigenvalue weighted by Crippen LogP contribution is -2.31. The van der Waals surface area contributed by atoms with Gasteiger partial charge in [0, 0.05) is 23.7 Å². The number of piperidine rings is 1. The Morgan fingerprint density at radius 2 is 1.91 bits per heavy atom. The molecule has 2 fully saturated rings. The fraction of sp³-hybridized carbons (Fsp3) is 0.529. The predicted octanol–water partition coefficient (Wildman–Crippen LogP) is 1.76. The molecule has 0 radical (unpaired) electrons. The van der Waals surface area contributed by atoms with Crippen molar-refractivity contribution in [2.24, 2.45) is 11.3 Å². The molecule has 22 heavy (non-hydrogen) atoms. The fourth-order valence-electron chi connectivity index (χ4n) is 3.39. The zero-order chi connectivity index (χ0) is 15.6. The Kier molecular flexibility index (Phi) is 4.16. The number of benzene rings is 1. The lowest BCUT2D eigenvalue weighted by molar-refractivity contribution is -0.118. The number of rotatable bonds is 4. The second-order valence-electron chi connectivity index (χ2n) is 6.30. The molecule has 1 heterocycles. The van der Waals surface area contributed by atoms with E-state index in [0.717, 1.165) is 38.0 Å². The van der Waals surface area contributed by atoms with Crippen molar-refractivity contribution in [3.63, 3.8) is 0 Å². The van der Waals surface area contributed by atoms with Gasteiger partial charge in [-0.2, -0.15) is 0 Å². The van der Waals surface area contributed by atoms with Crippen LogP contribution in [0.25, 0.3) is 0 Å². The van der Waals surface area contributed by atoms with E-state index in [1.807, 2.05) is 6.92 Å². The first-order valence-electron chi connectivity index (χ1n) is 8.04. The van der Waals surface area contributed by atoms with Crippen molar-refractivity contribution in [3.8, 4) is 0 Å². The van der Waals surface area contributed by atoms with E-state index in [1.54, 1.807) is 24.3 Å². The summed E-state index contributed by atoms with van der Waals surface area (Å²) in [6, 6.07) is 7.07. The number of carbonyl (C=O) groups excluding carboxylic acids is 2. The number of amides is 2. The highest BCUT2D eigenvalue weighted by Crippen LogP contribution is 2.58. The van der Waals surface area contributed by atoms with Gasteiger partial charge in [0.2, 0.25) is 5.91 Å². The highest BCUT2D eigenvalue weighted by molar-refractivity contribution is 5.97. The number of anilines is 1. The van der Waals surface area contributed by atoms with Crippen molar-refractivity contribution < 1.29 is 9.59 Å². The number of carbonyl (C=O) groups is 2. The first-order chi connectivity index (χ1) is 10.6. The lowest BCUT2D eigenvalue weighted by atomic mass is 9.92. The van der Waals surface area contributed by atoms with Crippen LogP contribution in [0.5, 0.6) is 0 Å². The Bertz CT molecular complexity index is 562. The van der Waals surface area contributed by atoms with Crippen molar-refractivity contribution in [2.75, 3.05) is 25.0 Å². The lowest BCUT2D eigenvalue weighted by Gasteiger charge is -2.23. The Morgan fingerprint density at radius 1 is 1.23 bits per heavy atom. The molecule has 2 amide bonds. The third-order valence-electron chi connectivity index (χ3n) is 4.86. The molecule has 5 heteroatoms. The topological polar surface area (TPSA) is 70.2 Å². The number of nitrogens with one attached hydrogen (secondary N) is 3. The second kappa shape index (κ2) is 6.08. The van der Waals surface area contributed by atoms with Crippen LogP contribution in [0.1, 0.15) is 36.5 Å². The van der Waals surface area contributed by atoms with Gasteiger partial charge in [0.05, 0.1) is 0 Å². The van der Waals surface area contributed by atoms with Gasteiger partial charge < -0.3 is 16.0 Å². The molecule has 1 aliphatic carbocycles. The van der Waals surface area contributed by atoms with Crippen molar-refractivity contribution in [3.05, 3.63) is 29.8 Å². The molecule has 118 valence electrons. The van der Waals surface area contributed by atoms with E-state index in [-0.39, 0.29) is 23.1 Å². The second-order valence-corrected chi connectivity index (χ2v) is 6.30. The highest BCUT2D eigenvalue weighted by atomic mass is 16.2. The van der Waals surface area contributed by atoms with Gasteiger partial charge in [0.25, 0.3) is 5.91 Å². The Balaban J connectivity index is 1.57. The van der Waals surface area contributed by atoms with E-state index in [2.05, 4.69) is 16.0 Å². The first kappa shape index (κ1) is 15.0. The van der Waals surface area contributed by atoms with Crippen molar-refractivity contribution in [1.29, 1.82) is 0 Å². The first-order valence-corrected chi connectivity index (χ1v) is 8.04. The van der Waals surface area contributed by atoms with Crippen LogP contribution < -0.4 is 16.0 Å². The molecule has 3 rings (SSSR count). The third-order valence-corrected chi connectivity index (χ3v) is 4.86. The summed E-state index contributed by atoms with van der Waals surface area (Å²) in [5.41, 5.74) is 1.62. The van der Waals surface area contributed by atoms with E-state index < -0.39 is 0 Å². The van der Waals surface area contributed by atoms with Crippen LogP contribution in [0.2, 0.25) is 0 Å². The average molecular weight is 301 g/mol. The molecule has 1 atom stereocenters. The minimum atomic E-state index is -0.0868. The molecule has 1 spiro atoms. The molecule has 3 N–H and O–H groups in total. The van der Waals surface area contributed by atoms with Crippen molar-refractivity contribution in [1.82, 2.24) is 10.6 Å². The quantitative estimate of drug-likeness (QED) is 0.794. The highest BCUT2D eigenvalue weighted by Gasteiger charge is 2.57. The molecule has 1 aromatic rings. The van der Waals surface area contributed by atoms with Gasteiger partial charge in [0.1, 0.15) is 0 Å². The van der Waals surface area contributed by atoms with Crippen molar-refractivity contribution >= 4 is 17.5 Å². The monoisotopic (exact) mass is 301 g/mol. The molecule has 1 unspecified atom stereocenters. The molecule has 1 saturated carbocycles. The Labute approximate surface area is 130 Å².